The molecule has 0 aromatic rings. The molecule has 0 fully saturated rings. The Morgan fingerprint density at radius 2 is 1.93 bits per heavy atom. The second kappa shape index (κ2) is 9.37. The topological polar surface area (TPSA) is 41.6 Å². The number of nitrogens with zero attached hydrogens (tertiary/aromatic N) is 1. The van der Waals surface area contributed by atoms with Crippen LogP contribution in [-0.2, 0) is 4.74 Å². The fourth-order valence-electron chi connectivity index (χ4n) is 0.867. The van der Waals surface area contributed by atoms with Crippen molar-refractivity contribution in [1.29, 1.82) is 0 Å². The molecule has 0 heterocycles. The summed E-state index contributed by atoms with van der Waals surface area (Å²) in [5.41, 5.74) is 0. The van der Waals surface area contributed by atoms with Gasteiger partial charge in [-0.15, -0.1) is 23.2 Å². The van der Waals surface area contributed by atoms with Crippen LogP contribution in [0.2, 0.25) is 0 Å². The average molecular weight is 243 g/mol. The fourth-order valence-corrected chi connectivity index (χ4v) is 1.35. The summed E-state index contributed by atoms with van der Waals surface area (Å²) in [4.78, 5) is 12.9. The Morgan fingerprint density at radius 1 is 1.36 bits per heavy atom. The molecule has 0 radical (unpaired) electrons. The van der Waals surface area contributed by atoms with Crippen LogP contribution in [0.5, 0.6) is 0 Å². The number of carbonyl (C=O) groups is 1. The van der Waals surface area contributed by atoms with E-state index in [1.807, 2.05) is 4.90 Å². The van der Waals surface area contributed by atoms with Crippen LogP contribution in [0.1, 0.15) is 6.92 Å². The molecule has 0 aromatic heterocycles. The predicted octanol–water partition coefficient (Wildman–Crippen LogP) is 1.47. The Balaban J connectivity index is 3.63. The third-order valence-corrected chi connectivity index (χ3v) is 1.86. The predicted molar refractivity (Wildman–Crippen MR) is 58.0 cm³/mol. The second-order valence-electron chi connectivity index (χ2n) is 2.55. The number of amides is 1. The maximum Gasteiger partial charge on any atom is 0.408 e. The van der Waals surface area contributed by atoms with E-state index in [-0.39, 0.29) is 0 Å². The minimum absolute atomic E-state index is 0.372. The molecule has 6 heteroatoms. The van der Waals surface area contributed by atoms with Crippen molar-refractivity contribution in [3.63, 3.8) is 0 Å². The average Bonchev–Trinajstić information content (AvgIpc) is 2.15. The zero-order valence-corrected chi connectivity index (χ0v) is 9.77. The minimum Gasteiger partial charge on any atom is -0.450 e. The van der Waals surface area contributed by atoms with Crippen LogP contribution in [0.15, 0.2) is 0 Å². The van der Waals surface area contributed by atoms with Gasteiger partial charge in [0.25, 0.3) is 0 Å². The zero-order valence-electron chi connectivity index (χ0n) is 8.26. The molecule has 1 N–H and O–H groups in total. The van der Waals surface area contributed by atoms with Crippen molar-refractivity contribution < 1.29 is 9.53 Å². The minimum atomic E-state index is -0.415. The first kappa shape index (κ1) is 13.8. The monoisotopic (exact) mass is 242 g/mol. The Hall–Kier alpha value is -0.190. The van der Waals surface area contributed by atoms with Crippen molar-refractivity contribution in [3.8, 4) is 0 Å². The number of rotatable bonds is 7. The Morgan fingerprint density at radius 3 is 2.36 bits per heavy atom. The normalized spacial score (nSPS) is 10.3. The van der Waals surface area contributed by atoms with Gasteiger partial charge in [0.2, 0.25) is 0 Å². The van der Waals surface area contributed by atoms with Gasteiger partial charge in [-0.2, -0.15) is 0 Å². The van der Waals surface area contributed by atoms with Crippen molar-refractivity contribution in [3.05, 3.63) is 0 Å². The van der Waals surface area contributed by atoms with E-state index in [9.17, 15) is 4.79 Å². The third-order valence-electron chi connectivity index (χ3n) is 1.52. The highest BCUT2D eigenvalue weighted by molar-refractivity contribution is 6.18. The van der Waals surface area contributed by atoms with Gasteiger partial charge in [-0.25, -0.2) is 4.79 Å². The van der Waals surface area contributed by atoms with Crippen LogP contribution in [-0.4, -0.2) is 49.1 Å². The standard InChI is InChI=1S/C8H16Cl2N2O2/c1-2-14-8(13)11-7-12(5-3-9)6-4-10/h2-7H2,1H3,(H,11,13). The maximum atomic E-state index is 10.9. The van der Waals surface area contributed by atoms with E-state index >= 15 is 0 Å². The smallest absolute Gasteiger partial charge is 0.408 e. The summed E-state index contributed by atoms with van der Waals surface area (Å²) in [6.45, 7) is 3.94. The lowest BCUT2D eigenvalue weighted by Crippen LogP contribution is -2.39. The van der Waals surface area contributed by atoms with E-state index in [2.05, 4.69) is 5.32 Å². The van der Waals surface area contributed by atoms with Crippen LogP contribution in [0, 0.1) is 0 Å². The third kappa shape index (κ3) is 7.24. The molecule has 0 aliphatic rings. The van der Waals surface area contributed by atoms with E-state index in [1.165, 1.54) is 0 Å². The molecule has 1 amide bonds. The zero-order chi connectivity index (χ0) is 10.8. The van der Waals surface area contributed by atoms with E-state index < -0.39 is 6.09 Å². The van der Waals surface area contributed by atoms with Crippen LogP contribution in [0.3, 0.4) is 0 Å². The molecule has 4 nitrogen and oxygen atoms in total. The quantitative estimate of drug-likeness (QED) is 0.543. The number of carbonyl (C=O) groups excluding carboxylic acids is 1. The van der Waals surface area contributed by atoms with Gasteiger partial charge >= 0.3 is 6.09 Å². The first-order valence-corrected chi connectivity index (χ1v) is 5.56. The second-order valence-corrected chi connectivity index (χ2v) is 3.31. The summed E-state index contributed by atoms with van der Waals surface area (Å²) in [7, 11) is 0. The van der Waals surface area contributed by atoms with Gasteiger partial charge in [0.15, 0.2) is 0 Å². The highest BCUT2D eigenvalue weighted by Gasteiger charge is 2.05. The fraction of sp³-hybridized carbons (Fsp3) is 0.875. The van der Waals surface area contributed by atoms with Crippen molar-refractivity contribution >= 4 is 29.3 Å². The van der Waals surface area contributed by atoms with Crippen LogP contribution in [0.25, 0.3) is 0 Å². The lowest BCUT2D eigenvalue weighted by molar-refractivity contribution is 0.143. The maximum absolute atomic E-state index is 10.9. The number of ether oxygens (including phenoxy) is 1. The molecule has 84 valence electrons. The summed E-state index contributed by atoms with van der Waals surface area (Å²) >= 11 is 11.2. The summed E-state index contributed by atoms with van der Waals surface area (Å²) < 4.78 is 4.71. The van der Waals surface area contributed by atoms with E-state index in [4.69, 9.17) is 27.9 Å². The Bertz CT molecular complexity index is 152. The number of alkyl halides is 2. The van der Waals surface area contributed by atoms with Gasteiger partial charge in [-0.1, -0.05) is 0 Å². The molecule has 0 saturated heterocycles. The summed E-state index contributed by atoms with van der Waals surface area (Å²) in [5.74, 6) is 1.03. The molecule has 0 unspecified atom stereocenters. The molecule has 0 aliphatic carbocycles. The Labute approximate surface area is 94.5 Å². The molecule has 0 aliphatic heterocycles. The SMILES string of the molecule is CCOC(=O)NCN(CCCl)CCCl. The molecule has 0 atom stereocenters. The lowest BCUT2D eigenvalue weighted by Gasteiger charge is -2.19. The summed E-state index contributed by atoms with van der Waals surface area (Å²) in [6, 6.07) is 0. The van der Waals surface area contributed by atoms with Gasteiger partial charge in [-0.3, -0.25) is 4.90 Å². The van der Waals surface area contributed by atoms with Gasteiger partial charge < -0.3 is 10.1 Å². The molecule has 0 spiro atoms. The van der Waals surface area contributed by atoms with Crippen LogP contribution >= 0.6 is 23.2 Å². The van der Waals surface area contributed by atoms with Crippen molar-refractivity contribution in [2.45, 2.75) is 6.92 Å². The molecule has 0 rings (SSSR count). The lowest BCUT2D eigenvalue weighted by atomic mass is 10.5. The van der Waals surface area contributed by atoms with E-state index in [0.29, 0.717) is 38.1 Å². The molecule has 0 saturated carbocycles. The van der Waals surface area contributed by atoms with Crippen molar-refractivity contribution in [2.75, 3.05) is 38.1 Å². The molecule has 14 heavy (non-hydrogen) atoms. The van der Waals surface area contributed by atoms with E-state index in [0.717, 1.165) is 0 Å². The highest BCUT2D eigenvalue weighted by Crippen LogP contribution is 1.90. The van der Waals surface area contributed by atoms with Crippen LogP contribution in [0.4, 0.5) is 4.79 Å². The first-order chi connectivity index (χ1) is 6.74. The van der Waals surface area contributed by atoms with Crippen molar-refractivity contribution in [1.82, 2.24) is 10.2 Å². The van der Waals surface area contributed by atoms with Gasteiger partial charge in [0, 0.05) is 24.8 Å². The van der Waals surface area contributed by atoms with Gasteiger partial charge in [0.05, 0.1) is 13.3 Å². The number of halogens is 2. The van der Waals surface area contributed by atoms with Crippen molar-refractivity contribution in [2.24, 2.45) is 0 Å². The Kier molecular flexibility index (Phi) is 9.24. The number of hydrogen-bond donors (Lipinski definition) is 1. The number of alkyl carbamates (subject to hydrolysis) is 1. The van der Waals surface area contributed by atoms with Gasteiger partial charge in [-0.05, 0) is 6.92 Å². The van der Waals surface area contributed by atoms with Gasteiger partial charge in [0.1, 0.15) is 0 Å². The first-order valence-electron chi connectivity index (χ1n) is 4.49. The van der Waals surface area contributed by atoms with Crippen LogP contribution < -0.4 is 5.32 Å². The molecular formula is C8H16Cl2N2O2. The highest BCUT2D eigenvalue weighted by atomic mass is 35.5. The largest absolute Gasteiger partial charge is 0.450 e. The summed E-state index contributed by atoms with van der Waals surface area (Å²) in [5, 5.41) is 2.60. The molecule has 0 aromatic carbocycles. The molecular weight excluding hydrogens is 227 g/mol. The number of nitrogens with one attached hydrogen (secondary N) is 1. The number of hydrogen-bond acceptors (Lipinski definition) is 3. The van der Waals surface area contributed by atoms with E-state index in [1.54, 1.807) is 6.92 Å². The molecule has 0 bridgehead atoms. The summed E-state index contributed by atoms with van der Waals surface area (Å²) in [6.07, 6.45) is -0.415.